The number of nitrogens with zero attached hydrogens (tertiary/aromatic N) is 1. The number of furan rings is 1. The van der Waals surface area contributed by atoms with Crippen LogP contribution in [0.15, 0.2) is 63.7 Å². The molecule has 1 fully saturated rings. The van der Waals surface area contributed by atoms with Crippen molar-refractivity contribution in [3.05, 3.63) is 70.4 Å². The molecule has 28 heavy (non-hydrogen) atoms. The lowest BCUT2D eigenvalue weighted by Crippen LogP contribution is -2.41. The Morgan fingerprint density at radius 2 is 1.96 bits per heavy atom. The third-order valence-electron chi connectivity index (χ3n) is 5.12. The minimum absolute atomic E-state index is 0.0310. The molecule has 0 aliphatic carbocycles. The highest BCUT2D eigenvalue weighted by atomic mass is 79.9. The van der Waals surface area contributed by atoms with Crippen LogP contribution in [0, 0.1) is 0 Å². The molecule has 1 aliphatic rings. The van der Waals surface area contributed by atoms with Crippen LogP contribution in [0.3, 0.4) is 0 Å². The molecule has 1 aliphatic heterocycles. The number of hydrogen-bond acceptors (Lipinski definition) is 4. The van der Waals surface area contributed by atoms with E-state index in [1.807, 2.05) is 48.5 Å². The number of rotatable bonds is 5. The van der Waals surface area contributed by atoms with Crippen molar-refractivity contribution >= 4 is 42.6 Å². The van der Waals surface area contributed by atoms with E-state index in [1.165, 1.54) is 0 Å². The van der Waals surface area contributed by atoms with Crippen molar-refractivity contribution in [2.24, 2.45) is 0 Å². The number of benzene rings is 2. The molecule has 1 amide bonds. The third-order valence-corrected chi connectivity index (χ3v) is 7.37. The molecule has 1 aromatic heterocycles. The highest BCUT2D eigenvalue weighted by Crippen LogP contribution is 2.27. The van der Waals surface area contributed by atoms with E-state index in [0.29, 0.717) is 13.0 Å². The van der Waals surface area contributed by atoms with Gasteiger partial charge < -0.3 is 9.32 Å². The zero-order chi connectivity index (χ0) is 19.7. The van der Waals surface area contributed by atoms with Gasteiger partial charge in [-0.25, -0.2) is 8.42 Å². The third kappa shape index (κ3) is 4.15. The number of amides is 1. The lowest BCUT2D eigenvalue weighted by Gasteiger charge is -2.28. The Balaban J connectivity index is 1.61. The van der Waals surface area contributed by atoms with Gasteiger partial charge in [-0.1, -0.05) is 46.3 Å². The van der Waals surface area contributed by atoms with Crippen molar-refractivity contribution in [3.8, 4) is 0 Å². The van der Waals surface area contributed by atoms with Crippen LogP contribution in [0.5, 0.6) is 0 Å². The van der Waals surface area contributed by atoms with Gasteiger partial charge in [-0.15, -0.1) is 0 Å². The first-order valence-electron chi connectivity index (χ1n) is 9.11. The number of fused-ring (bicyclic) bond motifs is 1. The first-order valence-corrected chi connectivity index (χ1v) is 11.7. The maximum absolute atomic E-state index is 13.2. The molecule has 4 rings (SSSR count). The second-order valence-corrected chi connectivity index (χ2v) is 10.3. The Labute approximate surface area is 172 Å². The maximum atomic E-state index is 13.2. The van der Waals surface area contributed by atoms with Crippen LogP contribution in [0.25, 0.3) is 11.0 Å². The Morgan fingerprint density at radius 1 is 1.18 bits per heavy atom. The average molecular weight is 462 g/mol. The van der Waals surface area contributed by atoms with Crippen molar-refractivity contribution in [2.75, 3.05) is 11.5 Å². The van der Waals surface area contributed by atoms with Crippen molar-refractivity contribution in [2.45, 2.75) is 25.4 Å². The van der Waals surface area contributed by atoms with Gasteiger partial charge in [-0.05, 0) is 30.2 Å². The number of sulfone groups is 1. The molecule has 1 atom stereocenters. The highest BCUT2D eigenvalue weighted by molar-refractivity contribution is 9.10. The fraction of sp³-hybridized carbons (Fsp3) is 0.286. The van der Waals surface area contributed by atoms with Gasteiger partial charge in [0.1, 0.15) is 5.58 Å². The fourth-order valence-corrected chi connectivity index (χ4v) is 5.77. The normalized spacial score (nSPS) is 18.4. The van der Waals surface area contributed by atoms with Crippen LogP contribution >= 0.6 is 15.9 Å². The predicted molar refractivity (Wildman–Crippen MR) is 112 cm³/mol. The SMILES string of the molecule is O=C(Cc1coc2ccc(Br)cc12)N(Cc1ccccc1)C1CCS(=O)(=O)C1. The quantitative estimate of drug-likeness (QED) is 0.576. The number of carbonyl (C=O) groups is 1. The van der Waals surface area contributed by atoms with E-state index in [9.17, 15) is 13.2 Å². The zero-order valence-electron chi connectivity index (χ0n) is 15.2. The molecule has 146 valence electrons. The van der Waals surface area contributed by atoms with Gasteiger partial charge in [0.2, 0.25) is 5.91 Å². The summed E-state index contributed by atoms with van der Waals surface area (Å²) in [5.41, 5.74) is 2.52. The molecule has 0 saturated carbocycles. The second kappa shape index (κ2) is 7.72. The topological polar surface area (TPSA) is 67.6 Å². The van der Waals surface area contributed by atoms with E-state index in [2.05, 4.69) is 15.9 Å². The summed E-state index contributed by atoms with van der Waals surface area (Å²) in [4.78, 5) is 14.9. The van der Waals surface area contributed by atoms with E-state index in [0.717, 1.165) is 26.6 Å². The summed E-state index contributed by atoms with van der Waals surface area (Å²) in [6, 6.07) is 15.1. The molecule has 1 saturated heterocycles. The van der Waals surface area contributed by atoms with E-state index < -0.39 is 9.84 Å². The lowest BCUT2D eigenvalue weighted by atomic mass is 10.1. The van der Waals surface area contributed by atoms with Crippen molar-refractivity contribution < 1.29 is 17.6 Å². The number of carbonyl (C=O) groups excluding carboxylic acids is 1. The Morgan fingerprint density at radius 3 is 2.68 bits per heavy atom. The summed E-state index contributed by atoms with van der Waals surface area (Å²) >= 11 is 3.45. The Bertz CT molecular complexity index is 1110. The smallest absolute Gasteiger partial charge is 0.227 e. The molecule has 2 heterocycles. The highest BCUT2D eigenvalue weighted by Gasteiger charge is 2.34. The summed E-state index contributed by atoms with van der Waals surface area (Å²) in [6.45, 7) is 0.402. The first-order chi connectivity index (χ1) is 13.4. The van der Waals surface area contributed by atoms with Gasteiger partial charge in [0.15, 0.2) is 9.84 Å². The van der Waals surface area contributed by atoms with E-state index >= 15 is 0 Å². The van der Waals surface area contributed by atoms with Crippen LogP contribution in [0.4, 0.5) is 0 Å². The first kappa shape index (κ1) is 19.2. The summed E-state index contributed by atoms with van der Waals surface area (Å²) in [5, 5.41) is 0.890. The van der Waals surface area contributed by atoms with Gasteiger partial charge in [0, 0.05) is 28.0 Å². The predicted octanol–water partition coefficient (Wildman–Crippen LogP) is 3.95. The molecule has 0 bridgehead atoms. The molecule has 0 spiro atoms. The van der Waals surface area contributed by atoms with Crippen LogP contribution in [0.1, 0.15) is 17.5 Å². The molecule has 0 N–H and O–H groups in total. The standard InChI is InChI=1S/C21H20BrNO4S/c22-17-6-7-20-19(11-17)16(13-27-20)10-21(24)23(12-15-4-2-1-3-5-15)18-8-9-28(25,26)14-18/h1-7,11,13,18H,8-10,12,14H2. The van der Waals surface area contributed by atoms with Gasteiger partial charge in [-0.2, -0.15) is 0 Å². The van der Waals surface area contributed by atoms with E-state index in [4.69, 9.17) is 4.42 Å². The molecular formula is C21H20BrNO4S. The minimum Gasteiger partial charge on any atom is -0.464 e. The van der Waals surface area contributed by atoms with Gasteiger partial charge in [0.05, 0.1) is 24.2 Å². The van der Waals surface area contributed by atoms with E-state index in [1.54, 1.807) is 11.2 Å². The van der Waals surface area contributed by atoms with Crippen molar-refractivity contribution in [1.82, 2.24) is 4.90 Å². The molecule has 1 unspecified atom stereocenters. The summed E-state index contributed by atoms with van der Waals surface area (Å²) in [6.07, 6.45) is 2.27. The Hall–Kier alpha value is -2.12. The fourth-order valence-electron chi connectivity index (χ4n) is 3.68. The summed E-state index contributed by atoms with van der Waals surface area (Å²) < 4.78 is 30.5. The van der Waals surface area contributed by atoms with Crippen molar-refractivity contribution in [1.29, 1.82) is 0 Å². The molecule has 2 aromatic carbocycles. The Kier molecular flexibility index (Phi) is 5.29. The molecule has 0 radical (unpaired) electrons. The van der Waals surface area contributed by atoms with Crippen LogP contribution in [-0.4, -0.2) is 36.8 Å². The number of hydrogen-bond donors (Lipinski definition) is 0. The maximum Gasteiger partial charge on any atom is 0.227 e. The molecule has 3 aromatic rings. The monoisotopic (exact) mass is 461 g/mol. The largest absolute Gasteiger partial charge is 0.464 e. The molecule has 7 heteroatoms. The average Bonchev–Trinajstić information content (AvgIpc) is 3.23. The second-order valence-electron chi connectivity index (χ2n) is 7.14. The minimum atomic E-state index is -3.09. The molecular weight excluding hydrogens is 442 g/mol. The zero-order valence-corrected chi connectivity index (χ0v) is 17.6. The summed E-state index contributed by atoms with van der Waals surface area (Å²) in [5.74, 6) is 0.0785. The van der Waals surface area contributed by atoms with Gasteiger partial charge in [-0.3, -0.25) is 4.79 Å². The molecule has 5 nitrogen and oxygen atoms in total. The van der Waals surface area contributed by atoms with Crippen molar-refractivity contribution in [3.63, 3.8) is 0 Å². The number of halogens is 1. The van der Waals surface area contributed by atoms with Crippen LogP contribution in [0.2, 0.25) is 0 Å². The summed E-state index contributed by atoms with van der Waals surface area (Å²) in [7, 11) is -3.09. The lowest BCUT2D eigenvalue weighted by molar-refractivity contribution is -0.133. The van der Waals surface area contributed by atoms with Gasteiger partial charge >= 0.3 is 0 Å². The van der Waals surface area contributed by atoms with Gasteiger partial charge in [0.25, 0.3) is 0 Å². The van der Waals surface area contributed by atoms with E-state index in [-0.39, 0.29) is 29.9 Å². The van der Waals surface area contributed by atoms with Crippen LogP contribution in [-0.2, 0) is 27.6 Å². The van der Waals surface area contributed by atoms with Crippen LogP contribution < -0.4 is 0 Å².